The fourth-order valence-electron chi connectivity index (χ4n) is 3.40. The van der Waals surface area contributed by atoms with Crippen LogP contribution in [0, 0.1) is 5.41 Å². The lowest BCUT2D eigenvalue weighted by Crippen LogP contribution is -2.67. The molecule has 19 heavy (non-hydrogen) atoms. The van der Waals surface area contributed by atoms with E-state index in [4.69, 9.17) is 4.74 Å². The van der Waals surface area contributed by atoms with E-state index in [1.54, 1.807) is 0 Å². The molecule has 2 fully saturated rings. The van der Waals surface area contributed by atoms with Crippen LogP contribution >= 0.6 is 0 Å². The van der Waals surface area contributed by atoms with E-state index in [9.17, 15) is 4.79 Å². The monoisotopic (exact) mass is 268 g/mol. The van der Waals surface area contributed by atoms with Gasteiger partial charge in [0.25, 0.3) is 0 Å². The van der Waals surface area contributed by atoms with E-state index in [0.29, 0.717) is 24.1 Å². The van der Waals surface area contributed by atoms with E-state index < -0.39 is 0 Å². The van der Waals surface area contributed by atoms with Crippen LogP contribution in [-0.4, -0.2) is 36.7 Å². The summed E-state index contributed by atoms with van der Waals surface area (Å²) in [6.45, 7) is 9.29. The van der Waals surface area contributed by atoms with E-state index in [-0.39, 0.29) is 11.4 Å². The average molecular weight is 268 g/mol. The molecule has 2 unspecified atom stereocenters. The number of rotatable bonds is 5. The van der Waals surface area contributed by atoms with Crippen molar-refractivity contribution in [3.63, 3.8) is 0 Å². The van der Waals surface area contributed by atoms with Crippen molar-refractivity contribution in [2.75, 3.05) is 13.2 Å². The summed E-state index contributed by atoms with van der Waals surface area (Å²) in [6.07, 6.45) is 5.26. The minimum absolute atomic E-state index is 0.0850. The Balaban J connectivity index is 1.77. The SMILES string of the molecule is CCOC1CC(NCC(=O)NC(C)(C)C)C12CCC2. The third-order valence-corrected chi connectivity index (χ3v) is 4.46. The summed E-state index contributed by atoms with van der Waals surface area (Å²) < 4.78 is 5.81. The van der Waals surface area contributed by atoms with Crippen molar-refractivity contribution in [2.24, 2.45) is 5.41 Å². The van der Waals surface area contributed by atoms with Gasteiger partial charge in [0.05, 0.1) is 12.6 Å². The van der Waals surface area contributed by atoms with Gasteiger partial charge in [-0.3, -0.25) is 4.79 Å². The fraction of sp³-hybridized carbons (Fsp3) is 0.933. The van der Waals surface area contributed by atoms with Gasteiger partial charge in [-0.15, -0.1) is 0 Å². The van der Waals surface area contributed by atoms with Gasteiger partial charge in [0, 0.05) is 23.6 Å². The third-order valence-electron chi connectivity index (χ3n) is 4.46. The molecule has 2 saturated carbocycles. The first-order valence-corrected chi connectivity index (χ1v) is 7.53. The highest BCUT2D eigenvalue weighted by molar-refractivity contribution is 5.78. The molecule has 0 bridgehead atoms. The van der Waals surface area contributed by atoms with Crippen LogP contribution in [-0.2, 0) is 9.53 Å². The highest BCUT2D eigenvalue weighted by Crippen LogP contribution is 2.57. The van der Waals surface area contributed by atoms with Crippen LogP contribution in [0.3, 0.4) is 0 Å². The Labute approximate surface area is 116 Å². The van der Waals surface area contributed by atoms with E-state index >= 15 is 0 Å². The molecule has 0 aromatic heterocycles. The van der Waals surface area contributed by atoms with Gasteiger partial charge in [-0.1, -0.05) is 6.42 Å². The summed E-state index contributed by atoms with van der Waals surface area (Å²) in [5.41, 5.74) is 0.179. The van der Waals surface area contributed by atoms with Crippen molar-refractivity contribution in [2.45, 2.75) is 71.1 Å². The smallest absolute Gasteiger partial charge is 0.234 e. The van der Waals surface area contributed by atoms with Gasteiger partial charge in [0.15, 0.2) is 0 Å². The lowest BCUT2D eigenvalue weighted by atomic mass is 9.51. The Morgan fingerprint density at radius 1 is 1.37 bits per heavy atom. The van der Waals surface area contributed by atoms with Gasteiger partial charge in [-0.2, -0.15) is 0 Å². The summed E-state index contributed by atoms with van der Waals surface area (Å²) in [7, 11) is 0. The van der Waals surface area contributed by atoms with Crippen molar-refractivity contribution in [1.29, 1.82) is 0 Å². The van der Waals surface area contributed by atoms with Crippen LogP contribution in [0.1, 0.15) is 53.4 Å². The Morgan fingerprint density at radius 2 is 2.05 bits per heavy atom. The molecule has 2 aliphatic rings. The summed E-state index contributed by atoms with van der Waals surface area (Å²) in [5, 5.41) is 6.42. The largest absolute Gasteiger partial charge is 0.378 e. The van der Waals surface area contributed by atoms with Crippen LogP contribution in [0.2, 0.25) is 0 Å². The zero-order chi connectivity index (χ0) is 14.1. The van der Waals surface area contributed by atoms with Gasteiger partial charge < -0.3 is 15.4 Å². The van der Waals surface area contributed by atoms with E-state index in [1.165, 1.54) is 19.3 Å². The number of carbonyl (C=O) groups is 1. The maximum atomic E-state index is 11.8. The van der Waals surface area contributed by atoms with Crippen LogP contribution in [0.25, 0.3) is 0 Å². The first-order chi connectivity index (χ1) is 8.87. The van der Waals surface area contributed by atoms with E-state index in [2.05, 4.69) is 17.6 Å². The molecule has 4 nitrogen and oxygen atoms in total. The highest BCUT2D eigenvalue weighted by atomic mass is 16.5. The number of ether oxygens (including phenoxy) is 1. The number of carbonyl (C=O) groups excluding carboxylic acids is 1. The molecule has 0 heterocycles. The van der Waals surface area contributed by atoms with Crippen molar-refractivity contribution in [3.05, 3.63) is 0 Å². The number of hydrogen-bond donors (Lipinski definition) is 2. The molecule has 0 radical (unpaired) electrons. The fourth-order valence-corrected chi connectivity index (χ4v) is 3.40. The normalized spacial score (nSPS) is 28.6. The van der Waals surface area contributed by atoms with Gasteiger partial charge in [0.1, 0.15) is 0 Å². The first kappa shape index (κ1) is 14.8. The molecule has 0 aromatic carbocycles. The molecule has 0 aliphatic heterocycles. The summed E-state index contributed by atoms with van der Waals surface area (Å²) in [6, 6.07) is 0.462. The molecule has 2 N–H and O–H groups in total. The minimum atomic E-state index is -0.152. The quantitative estimate of drug-likeness (QED) is 0.800. The molecule has 2 rings (SSSR count). The Kier molecular flexibility index (Phi) is 4.21. The average Bonchev–Trinajstić information content (AvgIpc) is 2.17. The van der Waals surface area contributed by atoms with E-state index in [1.807, 2.05) is 20.8 Å². The first-order valence-electron chi connectivity index (χ1n) is 7.53. The summed E-state index contributed by atoms with van der Waals surface area (Å²) in [5.74, 6) is 0.0850. The van der Waals surface area contributed by atoms with Crippen LogP contribution in [0.4, 0.5) is 0 Å². The summed E-state index contributed by atoms with van der Waals surface area (Å²) in [4.78, 5) is 11.8. The van der Waals surface area contributed by atoms with Crippen LogP contribution in [0.5, 0.6) is 0 Å². The number of nitrogens with one attached hydrogen (secondary N) is 2. The predicted octanol–water partition coefficient (Wildman–Crippen LogP) is 1.84. The molecule has 1 spiro atoms. The minimum Gasteiger partial charge on any atom is -0.378 e. The van der Waals surface area contributed by atoms with Gasteiger partial charge in [0.2, 0.25) is 5.91 Å². The second-order valence-corrected chi connectivity index (χ2v) is 7.00. The standard InChI is InChI=1S/C15H28N2O2/c1-5-19-12-9-11(15(12)7-6-8-15)16-10-13(18)17-14(2,3)4/h11-12,16H,5-10H2,1-4H3,(H,17,18). The van der Waals surface area contributed by atoms with E-state index in [0.717, 1.165) is 13.0 Å². The molecule has 110 valence electrons. The Bertz CT molecular complexity index is 332. The van der Waals surface area contributed by atoms with Crippen molar-refractivity contribution in [3.8, 4) is 0 Å². The molecule has 2 atom stereocenters. The summed E-state index contributed by atoms with van der Waals surface area (Å²) >= 11 is 0. The molecule has 0 aromatic rings. The van der Waals surface area contributed by atoms with Gasteiger partial charge in [-0.05, 0) is 47.0 Å². The van der Waals surface area contributed by atoms with Gasteiger partial charge in [-0.25, -0.2) is 0 Å². The zero-order valence-corrected chi connectivity index (χ0v) is 12.7. The van der Waals surface area contributed by atoms with Gasteiger partial charge >= 0.3 is 0 Å². The number of amides is 1. The zero-order valence-electron chi connectivity index (χ0n) is 12.7. The van der Waals surface area contributed by atoms with Crippen molar-refractivity contribution < 1.29 is 9.53 Å². The second-order valence-electron chi connectivity index (χ2n) is 7.00. The molecule has 1 amide bonds. The molecule has 0 saturated heterocycles. The molecular formula is C15H28N2O2. The molecule has 2 aliphatic carbocycles. The second kappa shape index (κ2) is 5.41. The highest BCUT2D eigenvalue weighted by Gasteiger charge is 2.58. The molecule has 4 heteroatoms. The maximum Gasteiger partial charge on any atom is 0.234 e. The lowest BCUT2D eigenvalue weighted by molar-refractivity contribution is -0.173. The van der Waals surface area contributed by atoms with Crippen molar-refractivity contribution >= 4 is 5.91 Å². The number of hydrogen-bond acceptors (Lipinski definition) is 3. The predicted molar refractivity (Wildman–Crippen MR) is 76.0 cm³/mol. The van der Waals surface area contributed by atoms with Crippen molar-refractivity contribution in [1.82, 2.24) is 10.6 Å². The van der Waals surface area contributed by atoms with Crippen LogP contribution in [0.15, 0.2) is 0 Å². The maximum absolute atomic E-state index is 11.8. The molecular weight excluding hydrogens is 240 g/mol. The Hall–Kier alpha value is -0.610. The topological polar surface area (TPSA) is 50.4 Å². The third kappa shape index (κ3) is 3.11. The lowest BCUT2D eigenvalue weighted by Gasteiger charge is -2.61. The van der Waals surface area contributed by atoms with Crippen LogP contribution < -0.4 is 10.6 Å². The Morgan fingerprint density at radius 3 is 2.53 bits per heavy atom.